The number of nitrogens with zero attached hydrogens (tertiary/aromatic N) is 1. The number of aliphatic hydroxyl groups excluding tert-OH is 1. The molecule has 5 heteroatoms. The third-order valence-corrected chi connectivity index (χ3v) is 12.2. The number of benzene rings is 6. The van der Waals surface area contributed by atoms with Gasteiger partial charge in [0.25, 0.3) is 0 Å². The zero-order valence-corrected chi connectivity index (χ0v) is 33.7. The molecule has 6 aromatic rings. The van der Waals surface area contributed by atoms with E-state index in [4.69, 9.17) is 0 Å². The lowest BCUT2D eigenvalue weighted by Crippen LogP contribution is -2.38. The van der Waals surface area contributed by atoms with Crippen molar-refractivity contribution in [1.82, 2.24) is 10.2 Å². The molecule has 0 bridgehead atoms. The molecule has 0 amide bonds. The first-order valence-electron chi connectivity index (χ1n) is 20.3. The van der Waals surface area contributed by atoms with E-state index < -0.39 is 6.10 Å². The lowest BCUT2D eigenvalue weighted by atomic mass is 9.76. The zero-order chi connectivity index (χ0) is 40.5. The van der Waals surface area contributed by atoms with Crippen LogP contribution >= 0.6 is 0 Å². The van der Waals surface area contributed by atoms with Gasteiger partial charge in [0.05, 0.1) is 12.3 Å². The maximum absolute atomic E-state index is 12.6. The van der Waals surface area contributed by atoms with Crippen molar-refractivity contribution in [1.29, 1.82) is 0 Å². The Morgan fingerprint density at radius 2 is 1.22 bits per heavy atom. The molecule has 4 N–H and O–H groups in total. The molecule has 58 heavy (non-hydrogen) atoms. The summed E-state index contributed by atoms with van der Waals surface area (Å²) in [7, 11) is 2.07. The van der Waals surface area contributed by atoms with Gasteiger partial charge in [-0.15, -0.1) is 0 Å². The first-order valence-corrected chi connectivity index (χ1v) is 20.3. The van der Waals surface area contributed by atoms with Crippen molar-refractivity contribution < 1.29 is 15.3 Å². The summed E-state index contributed by atoms with van der Waals surface area (Å²) < 4.78 is 0. The van der Waals surface area contributed by atoms with E-state index in [9.17, 15) is 15.3 Å². The molecule has 0 saturated heterocycles. The Bertz CT molecular complexity index is 2490. The quantitative estimate of drug-likeness (QED) is 0.0737. The van der Waals surface area contributed by atoms with Crippen LogP contribution in [0.15, 0.2) is 169 Å². The van der Waals surface area contributed by atoms with E-state index in [1.165, 1.54) is 11.1 Å². The Morgan fingerprint density at radius 1 is 0.672 bits per heavy atom. The standard InChI is InChI=1S/C53H52N2O3/c1-33-48(57)32-46(41-20-13-8-14-21-41)51(49(33)42-28-29-42)50-34(2)47(56)31-45(52(50)58)36(4)55(5)53(44-23-15-22-43(30-44)39-18-11-7-12-19-39)54-35(3)37-24-26-40(27-25-37)38-16-9-6-10-17-38/h6-27,30-32,35-36,42,48,53-54,56-58H,1,28-29H2,2-5H3. The first kappa shape index (κ1) is 38.9. The molecule has 5 nitrogen and oxygen atoms in total. The number of hydrogen-bond donors (Lipinski definition) is 4. The molecule has 2 aliphatic carbocycles. The van der Waals surface area contributed by atoms with Crippen LogP contribution in [0.3, 0.4) is 0 Å². The number of rotatable bonds is 12. The molecule has 292 valence electrons. The number of hydrogen-bond acceptors (Lipinski definition) is 5. The topological polar surface area (TPSA) is 76.0 Å². The highest BCUT2D eigenvalue weighted by molar-refractivity contribution is 6.11. The van der Waals surface area contributed by atoms with Crippen molar-refractivity contribution in [3.05, 3.63) is 203 Å². The highest BCUT2D eigenvalue weighted by Crippen LogP contribution is 2.54. The Labute approximate surface area is 343 Å². The number of phenols is 2. The molecular weight excluding hydrogens is 713 g/mol. The van der Waals surface area contributed by atoms with Crippen molar-refractivity contribution in [3.63, 3.8) is 0 Å². The average molecular weight is 765 g/mol. The van der Waals surface area contributed by atoms with Crippen LogP contribution in [0.5, 0.6) is 11.5 Å². The summed E-state index contributed by atoms with van der Waals surface area (Å²) in [6.07, 6.45) is 2.68. The normalized spacial score (nSPS) is 17.2. The van der Waals surface area contributed by atoms with E-state index in [0.29, 0.717) is 22.3 Å². The molecular formula is C53H52N2O3. The Morgan fingerprint density at radius 3 is 1.83 bits per heavy atom. The molecule has 0 aliphatic heterocycles. The van der Waals surface area contributed by atoms with Gasteiger partial charge in [-0.05, 0) is 126 Å². The zero-order valence-electron chi connectivity index (χ0n) is 33.7. The van der Waals surface area contributed by atoms with Gasteiger partial charge in [0.15, 0.2) is 0 Å². The molecule has 0 aromatic heterocycles. The van der Waals surface area contributed by atoms with Gasteiger partial charge in [0.1, 0.15) is 11.5 Å². The highest BCUT2D eigenvalue weighted by atomic mass is 16.3. The Hall–Kier alpha value is -5.98. The molecule has 4 unspecified atom stereocenters. The number of nitrogens with one attached hydrogen (secondary N) is 1. The van der Waals surface area contributed by atoms with Gasteiger partial charge in [0, 0.05) is 28.8 Å². The first-order chi connectivity index (χ1) is 28.1. The summed E-state index contributed by atoms with van der Waals surface area (Å²) in [6, 6.07) is 49.5. The summed E-state index contributed by atoms with van der Waals surface area (Å²) in [6.45, 7) is 10.5. The van der Waals surface area contributed by atoms with Gasteiger partial charge in [-0.2, -0.15) is 0 Å². The van der Waals surface area contributed by atoms with E-state index >= 15 is 0 Å². The van der Waals surface area contributed by atoms with E-state index in [1.807, 2.05) is 55.5 Å². The smallest absolute Gasteiger partial charge is 0.128 e. The monoisotopic (exact) mass is 764 g/mol. The Balaban J connectivity index is 1.21. The second-order valence-electron chi connectivity index (χ2n) is 15.9. The summed E-state index contributed by atoms with van der Waals surface area (Å²) in [5, 5.41) is 39.6. The maximum atomic E-state index is 12.6. The number of aromatic hydroxyl groups is 2. The van der Waals surface area contributed by atoms with Crippen molar-refractivity contribution in [3.8, 4) is 33.8 Å². The van der Waals surface area contributed by atoms with Crippen LogP contribution in [0, 0.1) is 12.8 Å². The van der Waals surface area contributed by atoms with Crippen molar-refractivity contribution in [2.24, 2.45) is 5.92 Å². The molecule has 0 spiro atoms. The van der Waals surface area contributed by atoms with Gasteiger partial charge >= 0.3 is 0 Å². The van der Waals surface area contributed by atoms with Crippen LogP contribution in [0.1, 0.15) is 78.3 Å². The number of phenolic OH excluding ortho intramolecular Hbond substituents is 2. The number of allylic oxidation sites excluding steroid dienone is 2. The van der Waals surface area contributed by atoms with Gasteiger partial charge in [0.2, 0.25) is 0 Å². The molecule has 8 rings (SSSR count). The summed E-state index contributed by atoms with van der Waals surface area (Å²) in [4.78, 5) is 2.24. The summed E-state index contributed by atoms with van der Waals surface area (Å²) >= 11 is 0. The fraction of sp³-hybridized carbons (Fsp3) is 0.208. The second-order valence-corrected chi connectivity index (χ2v) is 15.9. The number of aliphatic hydroxyl groups is 1. The summed E-state index contributed by atoms with van der Waals surface area (Å²) in [5.74, 6) is 0.454. The predicted molar refractivity (Wildman–Crippen MR) is 238 cm³/mol. The molecule has 6 aromatic carbocycles. The predicted octanol–water partition coefficient (Wildman–Crippen LogP) is 12.0. The largest absolute Gasteiger partial charge is 0.508 e. The van der Waals surface area contributed by atoms with E-state index in [1.54, 1.807) is 6.07 Å². The molecule has 1 fully saturated rings. The van der Waals surface area contributed by atoms with Gasteiger partial charge in [-0.25, -0.2) is 0 Å². The molecule has 4 atom stereocenters. The average Bonchev–Trinajstić information content (AvgIpc) is 4.11. The third kappa shape index (κ3) is 7.69. The van der Waals surface area contributed by atoms with Gasteiger partial charge in [-0.1, -0.05) is 140 Å². The van der Waals surface area contributed by atoms with Crippen LogP contribution in [-0.4, -0.2) is 33.4 Å². The van der Waals surface area contributed by atoms with Crippen LogP contribution < -0.4 is 5.32 Å². The molecule has 0 heterocycles. The fourth-order valence-corrected chi connectivity index (χ4v) is 8.51. The highest BCUT2D eigenvalue weighted by Gasteiger charge is 2.38. The van der Waals surface area contributed by atoms with Gasteiger partial charge < -0.3 is 15.3 Å². The molecule has 1 saturated carbocycles. The van der Waals surface area contributed by atoms with E-state index in [-0.39, 0.29) is 35.7 Å². The lowest BCUT2D eigenvalue weighted by Gasteiger charge is -2.37. The summed E-state index contributed by atoms with van der Waals surface area (Å²) in [5.41, 5.74) is 12.8. The Kier molecular flexibility index (Phi) is 11.0. The van der Waals surface area contributed by atoms with Crippen molar-refractivity contribution in [2.75, 3.05) is 7.05 Å². The maximum Gasteiger partial charge on any atom is 0.128 e. The van der Waals surface area contributed by atoms with Crippen LogP contribution in [0.25, 0.3) is 33.4 Å². The molecule has 0 radical (unpaired) electrons. The van der Waals surface area contributed by atoms with E-state index in [0.717, 1.165) is 57.4 Å². The van der Waals surface area contributed by atoms with Crippen LogP contribution in [0.2, 0.25) is 0 Å². The van der Waals surface area contributed by atoms with E-state index in [2.05, 4.69) is 135 Å². The van der Waals surface area contributed by atoms with Crippen LogP contribution in [-0.2, 0) is 0 Å². The lowest BCUT2D eigenvalue weighted by molar-refractivity contribution is 0.142. The van der Waals surface area contributed by atoms with Crippen molar-refractivity contribution in [2.45, 2.75) is 58.0 Å². The van der Waals surface area contributed by atoms with Crippen LogP contribution in [0.4, 0.5) is 0 Å². The fourth-order valence-electron chi connectivity index (χ4n) is 8.51. The minimum Gasteiger partial charge on any atom is -0.508 e. The minimum absolute atomic E-state index is 0.0371. The third-order valence-electron chi connectivity index (χ3n) is 12.2. The minimum atomic E-state index is -0.839. The van der Waals surface area contributed by atoms with Gasteiger partial charge in [-0.3, -0.25) is 10.2 Å². The van der Waals surface area contributed by atoms with Crippen molar-refractivity contribution >= 4 is 11.1 Å². The molecule has 2 aliphatic rings. The SMILES string of the molecule is C=C1C(C2CC2)=C(c2c(C)c(O)cc(C(C)N(C)C(NC(C)c3ccc(-c4ccccc4)cc3)c3cccc(-c4ccccc4)c3)c2O)C(c2ccccc2)=CC1O. The second kappa shape index (κ2) is 16.5.